The highest BCUT2D eigenvalue weighted by atomic mass is 19.1. The van der Waals surface area contributed by atoms with Crippen molar-refractivity contribution in [3.05, 3.63) is 101 Å². The van der Waals surface area contributed by atoms with Gasteiger partial charge in [-0.05, 0) is 79.0 Å². The van der Waals surface area contributed by atoms with Gasteiger partial charge in [0, 0.05) is 29.9 Å². The highest BCUT2D eigenvalue weighted by Crippen LogP contribution is 2.37. The second kappa shape index (κ2) is 8.45. The maximum absolute atomic E-state index is 14.8. The van der Waals surface area contributed by atoms with E-state index >= 15 is 0 Å². The van der Waals surface area contributed by atoms with Crippen molar-refractivity contribution in [3.8, 4) is 5.69 Å². The summed E-state index contributed by atoms with van der Waals surface area (Å²) in [7, 11) is 0. The van der Waals surface area contributed by atoms with Crippen LogP contribution >= 0.6 is 0 Å². The first-order valence-electron chi connectivity index (χ1n) is 10.7. The lowest BCUT2D eigenvalue weighted by Crippen LogP contribution is -2.19. The van der Waals surface area contributed by atoms with Crippen LogP contribution in [-0.2, 0) is 13.1 Å². The Labute approximate surface area is 184 Å². The van der Waals surface area contributed by atoms with Crippen molar-refractivity contribution in [1.29, 1.82) is 0 Å². The molecule has 1 N–H and O–H groups in total. The van der Waals surface area contributed by atoms with E-state index in [-0.39, 0.29) is 17.5 Å². The first-order chi connectivity index (χ1) is 15.5. The van der Waals surface area contributed by atoms with Crippen LogP contribution in [0.2, 0.25) is 0 Å². The number of aliphatic hydroxyl groups excluding tert-OH is 1. The minimum atomic E-state index is -0.646. The predicted octanol–water partition coefficient (Wildman–Crippen LogP) is 5.88. The molecule has 3 aromatic carbocycles. The van der Waals surface area contributed by atoms with E-state index < -0.39 is 6.10 Å². The third-order valence-electron chi connectivity index (χ3n) is 6.20. The zero-order valence-corrected chi connectivity index (χ0v) is 17.4. The summed E-state index contributed by atoms with van der Waals surface area (Å²) >= 11 is 0. The van der Waals surface area contributed by atoms with Crippen molar-refractivity contribution in [1.82, 2.24) is 9.47 Å². The summed E-state index contributed by atoms with van der Waals surface area (Å²) in [5.74, 6) is -0.889. The molecule has 0 radical (unpaired) electrons. The molecular formula is C26H23F3N2O. The number of aromatic nitrogens is 1. The fraction of sp³-hybridized carbons (Fsp3) is 0.231. The predicted molar refractivity (Wildman–Crippen MR) is 118 cm³/mol. The molecule has 1 unspecified atom stereocenters. The number of hydrogen-bond donors (Lipinski definition) is 1. The molecule has 0 saturated heterocycles. The lowest BCUT2D eigenvalue weighted by Gasteiger charge is -2.18. The molecule has 1 aromatic heterocycles. The van der Waals surface area contributed by atoms with Crippen LogP contribution in [-0.4, -0.2) is 21.1 Å². The Morgan fingerprint density at radius 2 is 1.53 bits per heavy atom. The van der Waals surface area contributed by atoms with Gasteiger partial charge >= 0.3 is 0 Å². The van der Waals surface area contributed by atoms with E-state index in [9.17, 15) is 18.3 Å². The van der Waals surface area contributed by atoms with Gasteiger partial charge in [-0.2, -0.15) is 0 Å². The zero-order chi connectivity index (χ0) is 22.2. The molecular weight excluding hydrogens is 413 g/mol. The van der Waals surface area contributed by atoms with E-state index in [1.165, 1.54) is 30.3 Å². The van der Waals surface area contributed by atoms with Crippen molar-refractivity contribution in [2.45, 2.75) is 32.0 Å². The average molecular weight is 436 g/mol. The van der Waals surface area contributed by atoms with Gasteiger partial charge in [0.2, 0.25) is 0 Å². The topological polar surface area (TPSA) is 28.4 Å². The van der Waals surface area contributed by atoms with E-state index in [1.54, 1.807) is 30.3 Å². The maximum Gasteiger partial charge on any atom is 0.132 e. The highest BCUT2D eigenvalue weighted by molar-refractivity contribution is 5.88. The summed E-state index contributed by atoms with van der Waals surface area (Å²) in [5.41, 5.74) is 4.26. The van der Waals surface area contributed by atoms with E-state index in [0.717, 1.165) is 35.4 Å². The molecule has 2 heterocycles. The number of hydrogen-bond acceptors (Lipinski definition) is 2. The molecule has 4 aromatic rings. The monoisotopic (exact) mass is 436 g/mol. The molecule has 0 amide bonds. The van der Waals surface area contributed by atoms with Crippen LogP contribution in [0.3, 0.4) is 0 Å². The number of rotatable bonds is 6. The fourth-order valence-corrected chi connectivity index (χ4v) is 4.65. The number of benzene rings is 3. The standard InChI is InChI=1S/C26H23F3N2O/c27-18-8-6-17(7-9-18)25(32)5-2-14-30-15-21-24(16-30)31(20-12-10-19(28)11-13-20)23-4-1-3-22(29)26(21)23/h1,3-4,6-13,25,32H,2,5,14-16H2. The van der Waals surface area contributed by atoms with Crippen LogP contribution in [0.5, 0.6) is 0 Å². The minimum Gasteiger partial charge on any atom is -0.388 e. The van der Waals surface area contributed by atoms with Gasteiger partial charge in [-0.25, -0.2) is 13.2 Å². The molecule has 0 aliphatic carbocycles. The zero-order valence-electron chi connectivity index (χ0n) is 17.4. The molecule has 32 heavy (non-hydrogen) atoms. The van der Waals surface area contributed by atoms with Crippen LogP contribution in [0.15, 0.2) is 66.7 Å². The Morgan fingerprint density at radius 3 is 2.25 bits per heavy atom. The first kappa shape index (κ1) is 20.8. The number of fused-ring (bicyclic) bond motifs is 3. The van der Waals surface area contributed by atoms with Gasteiger partial charge < -0.3 is 9.67 Å². The largest absolute Gasteiger partial charge is 0.388 e. The summed E-state index contributed by atoms with van der Waals surface area (Å²) in [5, 5.41) is 11.0. The van der Waals surface area contributed by atoms with E-state index in [4.69, 9.17) is 0 Å². The van der Waals surface area contributed by atoms with Crippen molar-refractivity contribution in [2.75, 3.05) is 6.54 Å². The van der Waals surface area contributed by atoms with Crippen molar-refractivity contribution in [2.24, 2.45) is 0 Å². The van der Waals surface area contributed by atoms with E-state index in [1.807, 2.05) is 10.6 Å². The third-order valence-corrected chi connectivity index (χ3v) is 6.20. The lowest BCUT2D eigenvalue weighted by atomic mass is 10.0. The highest BCUT2D eigenvalue weighted by Gasteiger charge is 2.28. The lowest BCUT2D eigenvalue weighted by molar-refractivity contribution is 0.155. The number of halogens is 3. The van der Waals surface area contributed by atoms with Gasteiger partial charge in [0.15, 0.2) is 0 Å². The van der Waals surface area contributed by atoms with E-state index in [2.05, 4.69) is 4.90 Å². The van der Waals surface area contributed by atoms with Gasteiger partial charge in [-0.3, -0.25) is 4.90 Å². The molecule has 0 fully saturated rings. The fourth-order valence-electron chi connectivity index (χ4n) is 4.65. The Balaban J connectivity index is 1.35. The minimum absolute atomic E-state index is 0.256. The summed E-state index contributed by atoms with van der Waals surface area (Å²) in [6.07, 6.45) is 0.658. The van der Waals surface area contributed by atoms with Crippen LogP contribution < -0.4 is 0 Å². The van der Waals surface area contributed by atoms with E-state index in [0.29, 0.717) is 30.5 Å². The second-order valence-electron chi connectivity index (χ2n) is 8.29. The quantitative estimate of drug-likeness (QED) is 0.409. The Hall–Kier alpha value is -3.09. The summed E-state index contributed by atoms with van der Waals surface area (Å²) in [6.45, 7) is 2.01. The maximum atomic E-state index is 14.8. The van der Waals surface area contributed by atoms with Gasteiger partial charge in [0.25, 0.3) is 0 Å². The molecule has 0 spiro atoms. The van der Waals surface area contributed by atoms with Crippen molar-refractivity contribution >= 4 is 10.9 Å². The molecule has 3 nitrogen and oxygen atoms in total. The van der Waals surface area contributed by atoms with Crippen molar-refractivity contribution < 1.29 is 18.3 Å². The SMILES string of the molecule is OC(CCCN1Cc2c(n(-c3ccc(F)cc3)c3cccc(F)c23)C1)c1ccc(F)cc1. The summed E-state index contributed by atoms with van der Waals surface area (Å²) in [4.78, 5) is 2.23. The smallest absolute Gasteiger partial charge is 0.132 e. The third kappa shape index (κ3) is 3.80. The van der Waals surface area contributed by atoms with Crippen molar-refractivity contribution in [3.63, 3.8) is 0 Å². The van der Waals surface area contributed by atoms with Gasteiger partial charge in [0.05, 0.1) is 11.6 Å². The van der Waals surface area contributed by atoms with Crippen LogP contribution in [0, 0.1) is 17.5 Å². The molecule has 164 valence electrons. The molecule has 1 atom stereocenters. The summed E-state index contributed by atoms with van der Waals surface area (Å²) in [6, 6.07) is 17.2. The molecule has 1 aliphatic rings. The van der Waals surface area contributed by atoms with Crippen LogP contribution in [0.25, 0.3) is 16.6 Å². The Bertz CT molecular complexity index is 1250. The van der Waals surface area contributed by atoms with Gasteiger partial charge in [-0.15, -0.1) is 0 Å². The second-order valence-corrected chi connectivity index (χ2v) is 8.29. The Morgan fingerprint density at radius 1 is 0.844 bits per heavy atom. The average Bonchev–Trinajstić information content (AvgIpc) is 3.31. The molecule has 6 heteroatoms. The van der Waals surface area contributed by atoms with Gasteiger partial charge in [0.1, 0.15) is 17.5 Å². The van der Waals surface area contributed by atoms with Crippen LogP contribution in [0.1, 0.15) is 35.8 Å². The summed E-state index contributed by atoms with van der Waals surface area (Å²) < 4.78 is 43.4. The van der Waals surface area contributed by atoms with Gasteiger partial charge in [-0.1, -0.05) is 18.2 Å². The molecule has 5 rings (SSSR count). The van der Waals surface area contributed by atoms with Crippen LogP contribution in [0.4, 0.5) is 13.2 Å². The molecule has 0 saturated carbocycles. The molecule has 0 bridgehead atoms. The number of nitrogens with zero attached hydrogens (tertiary/aromatic N) is 2. The Kier molecular flexibility index (Phi) is 5.49. The first-order valence-corrected chi connectivity index (χ1v) is 10.7. The molecule has 1 aliphatic heterocycles. The number of aliphatic hydroxyl groups is 1. The normalized spacial score (nSPS) is 14.8.